The molecule has 1 aliphatic carbocycles. The zero-order chi connectivity index (χ0) is 19.1. The number of benzene rings is 2. The average Bonchev–Trinajstić information content (AvgIpc) is 3.05. The summed E-state index contributed by atoms with van der Waals surface area (Å²) in [5, 5.41) is 38.4. The van der Waals surface area contributed by atoms with Crippen LogP contribution >= 0.6 is 0 Å². The minimum atomic E-state index is -1.81. The zero-order valence-corrected chi connectivity index (χ0v) is 14.1. The molecule has 0 bridgehead atoms. The van der Waals surface area contributed by atoms with Crippen LogP contribution in [0.15, 0.2) is 42.5 Å². The second-order valence-electron chi connectivity index (χ2n) is 6.65. The lowest BCUT2D eigenvalue weighted by atomic mass is 9.99. The molecular weight excluding hydrogens is 354 g/mol. The molecule has 1 fully saturated rings. The molecule has 1 saturated heterocycles. The third kappa shape index (κ3) is 3.18. The van der Waals surface area contributed by atoms with Gasteiger partial charge in [0.1, 0.15) is 18.3 Å². The monoisotopic (exact) mass is 373 g/mol. The van der Waals surface area contributed by atoms with E-state index in [1.807, 2.05) is 24.3 Å². The van der Waals surface area contributed by atoms with E-state index in [1.165, 1.54) is 11.1 Å². The van der Waals surface area contributed by atoms with Crippen LogP contribution in [0.25, 0.3) is 11.1 Å². The van der Waals surface area contributed by atoms with E-state index in [0.717, 1.165) is 17.5 Å². The fourth-order valence-electron chi connectivity index (χ4n) is 3.43. The van der Waals surface area contributed by atoms with E-state index < -0.39 is 36.7 Å². The van der Waals surface area contributed by atoms with E-state index in [1.54, 1.807) is 6.07 Å². The second kappa shape index (κ2) is 6.91. The molecule has 4 rings (SSSR count). The van der Waals surface area contributed by atoms with Crippen LogP contribution in [-0.4, -0.2) is 57.1 Å². The van der Waals surface area contributed by atoms with Crippen molar-refractivity contribution in [3.63, 3.8) is 0 Å². The van der Waals surface area contributed by atoms with E-state index in [0.29, 0.717) is 5.69 Å². The summed E-state index contributed by atoms with van der Waals surface area (Å²) >= 11 is 0. The molecule has 5 N–H and O–H groups in total. The molecule has 142 valence electrons. The number of nitrogens with one attached hydrogen (secondary N) is 1. The molecule has 5 atom stereocenters. The fourth-order valence-corrected chi connectivity index (χ4v) is 3.43. The van der Waals surface area contributed by atoms with Crippen LogP contribution < -0.4 is 5.48 Å². The Kier molecular flexibility index (Phi) is 4.58. The number of hydrogen-bond acceptors (Lipinski definition) is 8. The maximum absolute atomic E-state index is 12.1. The summed E-state index contributed by atoms with van der Waals surface area (Å²) in [6, 6.07) is 13.6. The van der Waals surface area contributed by atoms with Crippen LogP contribution in [0.4, 0.5) is 5.69 Å². The molecule has 2 aromatic rings. The summed E-state index contributed by atoms with van der Waals surface area (Å²) in [4.78, 5) is 17.0. The Hall–Kier alpha value is -2.49. The lowest BCUT2D eigenvalue weighted by molar-refractivity contribution is -0.280. The van der Waals surface area contributed by atoms with E-state index in [2.05, 4.69) is 17.6 Å². The number of carbonyl (C=O) groups is 1. The molecule has 0 saturated carbocycles. The quantitative estimate of drug-likeness (QED) is 0.404. The highest BCUT2D eigenvalue weighted by Crippen LogP contribution is 2.37. The molecule has 0 radical (unpaired) electrons. The van der Waals surface area contributed by atoms with Gasteiger partial charge in [0.2, 0.25) is 0 Å². The first kappa shape index (κ1) is 17.9. The molecule has 8 nitrogen and oxygen atoms in total. The maximum atomic E-state index is 12.1. The molecule has 2 aliphatic rings. The summed E-state index contributed by atoms with van der Waals surface area (Å²) in [5.41, 5.74) is 7.63. The molecule has 1 unspecified atom stereocenters. The van der Waals surface area contributed by atoms with Crippen molar-refractivity contribution >= 4 is 11.7 Å². The van der Waals surface area contributed by atoms with Crippen LogP contribution in [0.5, 0.6) is 0 Å². The first-order chi connectivity index (χ1) is 13.0. The zero-order valence-electron chi connectivity index (χ0n) is 14.1. The fraction of sp³-hybridized carbons (Fsp3) is 0.316. The molecule has 1 aliphatic heterocycles. The Morgan fingerprint density at radius 3 is 2.52 bits per heavy atom. The largest absolute Gasteiger partial charge is 0.387 e. The summed E-state index contributed by atoms with van der Waals surface area (Å²) in [5.74, 6) is -1.03. The van der Waals surface area contributed by atoms with Crippen molar-refractivity contribution in [2.24, 2.45) is 0 Å². The van der Waals surface area contributed by atoms with E-state index in [-0.39, 0.29) is 0 Å². The van der Waals surface area contributed by atoms with E-state index in [4.69, 9.17) is 9.57 Å². The minimum absolute atomic E-state index is 0.529. The third-order valence-corrected chi connectivity index (χ3v) is 4.88. The maximum Gasteiger partial charge on any atom is 0.363 e. The Bertz CT molecular complexity index is 871. The third-order valence-electron chi connectivity index (χ3n) is 4.88. The lowest BCUT2D eigenvalue weighted by Gasteiger charge is -2.36. The number of aliphatic hydroxyl groups is 4. The van der Waals surface area contributed by atoms with Crippen LogP contribution in [0.1, 0.15) is 11.1 Å². The van der Waals surface area contributed by atoms with Crippen LogP contribution in [0, 0.1) is 0 Å². The highest BCUT2D eigenvalue weighted by Gasteiger charge is 2.47. The minimum Gasteiger partial charge on any atom is -0.387 e. The van der Waals surface area contributed by atoms with Gasteiger partial charge in [0.15, 0.2) is 12.4 Å². The standard InChI is InChI=1S/C19H19NO7/c21-14-15(22)17(26-18(24)16(14)23)19(25)27-20-11-5-6-13-10(8-11)7-9-3-1-2-4-12(9)13/h1-6,8,14-18,20-24H,7H2/t14-,15-,16+,17-,18?/m0/s1. The molecule has 2 aromatic carbocycles. The first-order valence-electron chi connectivity index (χ1n) is 8.51. The number of fused-ring (bicyclic) bond motifs is 3. The van der Waals surface area contributed by atoms with E-state index >= 15 is 0 Å². The molecule has 27 heavy (non-hydrogen) atoms. The van der Waals surface area contributed by atoms with Crippen molar-refractivity contribution in [1.29, 1.82) is 0 Å². The summed E-state index contributed by atoms with van der Waals surface area (Å²) < 4.78 is 4.83. The highest BCUT2D eigenvalue weighted by molar-refractivity contribution is 5.79. The number of carbonyl (C=O) groups excluding carboxylic acids is 1. The smallest absolute Gasteiger partial charge is 0.363 e. The van der Waals surface area contributed by atoms with Crippen molar-refractivity contribution in [2.45, 2.75) is 37.1 Å². The van der Waals surface area contributed by atoms with Crippen molar-refractivity contribution in [3.05, 3.63) is 53.6 Å². The Balaban J connectivity index is 1.42. The normalized spacial score (nSPS) is 29.0. The molecule has 0 aromatic heterocycles. The van der Waals surface area contributed by atoms with Gasteiger partial charge >= 0.3 is 5.97 Å². The van der Waals surface area contributed by atoms with Crippen molar-refractivity contribution < 1.29 is 34.8 Å². The Morgan fingerprint density at radius 2 is 1.70 bits per heavy atom. The molecule has 0 spiro atoms. The van der Waals surface area contributed by atoms with Gasteiger partial charge in [0.05, 0.1) is 5.69 Å². The SMILES string of the molecule is O=C(ONc1ccc2c(c1)Cc1ccccc1-2)[C@H]1OC(O)[C@H](O)[C@@H](O)[C@@H]1O. The highest BCUT2D eigenvalue weighted by atomic mass is 16.7. The van der Waals surface area contributed by atoms with Crippen molar-refractivity contribution in [1.82, 2.24) is 0 Å². The van der Waals surface area contributed by atoms with Gasteiger partial charge in [-0.3, -0.25) is 0 Å². The first-order valence-corrected chi connectivity index (χ1v) is 8.51. The number of aliphatic hydroxyl groups excluding tert-OH is 4. The second-order valence-corrected chi connectivity index (χ2v) is 6.65. The van der Waals surface area contributed by atoms with Gasteiger partial charge in [-0.1, -0.05) is 30.3 Å². The number of ether oxygens (including phenoxy) is 1. The lowest BCUT2D eigenvalue weighted by Crippen LogP contribution is -2.60. The predicted molar refractivity (Wildman–Crippen MR) is 93.3 cm³/mol. The molecule has 0 amide bonds. The van der Waals surface area contributed by atoms with Gasteiger partial charge in [0, 0.05) is 0 Å². The van der Waals surface area contributed by atoms with Gasteiger partial charge in [-0.25, -0.2) is 10.3 Å². The van der Waals surface area contributed by atoms with Crippen molar-refractivity contribution in [2.75, 3.05) is 5.48 Å². The average molecular weight is 373 g/mol. The van der Waals surface area contributed by atoms with Crippen molar-refractivity contribution in [3.8, 4) is 11.1 Å². The summed E-state index contributed by atoms with van der Waals surface area (Å²) in [6.07, 6.45) is -7.84. The van der Waals surface area contributed by atoms with Gasteiger partial charge in [-0.15, -0.1) is 0 Å². The molecule has 1 heterocycles. The molecule has 8 heteroatoms. The Labute approximate surface area is 154 Å². The number of hydrogen-bond donors (Lipinski definition) is 5. The summed E-state index contributed by atoms with van der Waals surface area (Å²) in [7, 11) is 0. The predicted octanol–water partition coefficient (Wildman–Crippen LogP) is -0.0722. The number of rotatable bonds is 3. The van der Waals surface area contributed by atoms with Gasteiger partial charge in [-0.05, 0) is 40.8 Å². The summed E-state index contributed by atoms with van der Waals surface area (Å²) in [6.45, 7) is 0. The van der Waals surface area contributed by atoms with Gasteiger partial charge in [-0.2, -0.15) is 0 Å². The topological polar surface area (TPSA) is 128 Å². The van der Waals surface area contributed by atoms with Gasteiger partial charge in [0.25, 0.3) is 0 Å². The molecular formula is C19H19NO7. The Morgan fingerprint density at radius 1 is 0.963 bits per heavy atom. The number of anilines is 1. The van der Waals surface area contributed by atoms with Crippen LogP contribution in [-0.2, 0) is 20.8 Å². The van der Waals surface area contributed by atoms with Crippen LogP contribution in [0.2, 0.25) is 0 Å². The van der Waals surface area contributed by atoms with Crippen LogP contribution in [0.3, 0.4) is 0 Å². The van der Waals surface area contributed by atoms with E-state index in [9.17, 15) is 25.2 Å². The van der Waals surface area contributed by atoms with Gasteiger partial charge < -0.3 is 30.0 Å².